The number of para-hydroxylation sites is 1. The highest BCUT2D eigenvalue weighted by atomic mass is 32.1. The molecule has 6 heteroatoms. The third kappa shape index (κ3) is 7.13. The predicted molar refractivity (Wildman–Crippen MR) is 106 cm³/mol. The van der Waals surface area contributed by atoms with Crippen molar-refractivity contribution < 1.29 is 4.74 Å². The van der Waals surface area contributed by atoms with Crippen LogP contribution in [-0.2, 0) is 6.42 Å². The minimum Gasteiger partial charge on any atom is -0.494 e. The van der Waals surface area contributed by atoms with Crippen LogP contribution in [-0.4, -0.2) is 37.2 Å². The van der Waals surface area contributed by atoms with E-state index in [1.54, 1.807) is 11.3 Å². The summed E-state index contributed by atoms with van der Waals surface area (Å²) in [7, 11) is 0. The first kappa shape index (κ1) is 19.2. The summed E-state index contributed by atoms with van der Waals surface area (Å²) in [5.41, 5.74) is 1.14. The molecule has 0 fully saturated rings. The highest BCUT2D eigenvalue weighted by Crippen LogP contribution is 2.17. The molecule has 25 heavy (non-hydrogen) atoms. The van der Waals surface area contributed by atoms with E-state index in [4.69, 9.17) is 4.74 Å². The first-order chi connectivity index (χ1) is 12.2. The molecule has 0 aliphatic heterocycles. The molecule has 0 unspecified atom stereocenters. The van der Waals surface area contributed by atoms with Crippen LogP contribution in [0.25, 0.3) is 0 Å². The lowest BCUT2D eigenvalue weighted by molar-refractivity contribution is 0.313. The van der Waals surface area contributed by atoms with E-state index >= 15 is 0 Å². The zero-order valence-electron chi connectivity index (χ0n) is 15.3. The van der Waals surface area contributed by atoms with Crippen LogP contribution in [0.5, 0.6) is 5.75 Å². The number of hydrogen-bond acceptors (Lipinski definition) is 4. The molecule has 0 aliphatic carbocycles. The minimum atomic E-state index is 0.673. The van der Waals surface area contributed by atoms with Gasteiger partial charge in [-0.05, 0) is 32.9 Å². The van der Waals surface area contributed by atoms with E-state index in [9.17, 15) is 0 Å². The molecule has 0 atom stereocenters. The van der Waals surface area contributed by atoms with Gasteiger partial charge in [-0.25, -0.2) is 4.98 Å². The first-order valence-electron chi connectivity index (χ1n) is 8.82. The molecule has 0 bridgehead atoms. The summed E-state index contributed by atoms with van der Waals surface area (Å²) in [4.78, 5) is 10.4. The van der Waals surface area contributed by atoms with Gasteiger partial charge in [0.2, 0.25) is 0 Å². The average Bonchev–Trinajstić information content (AvgIpc) is 2.93. The number of aryl methyl sites for hydroxylation is 2. The zero-order valence-corrected chi connectivity index (χ0v) is 16.2. The van der Waals surface area contributed by atoms with Crippen LogP contribution >= 0.6 is 11.3 Å². The summed E-state index contributed by atoms with van der Waals surface area (Å²) >= 11 is 1.77. The van der Waals surface area contributed by atoms with Crippen molar-refractivity contribution in [1.82, 2.24) is 15.6 Å². The van der Waals surface area contributed by atoms with Gasteiger partial charge < -0.3 is 15.4 Å². The molecule has 0 saturated carbocycles. The number of rotatable bonds is 9. The van der Waals surface area contributed by atoms with Crippen molar-refractivity contribution in [2.75, 3.05) is 26.2 Å². The van der Waals surface area contributed by atoms with Crippen molar-refractivity contribution in [3.63, 3.8) is 0 Å². The Hall–Kier alpha value is -2.08. The standard InChI is InChI=1S/C19H28N4OS/c1-4-20-19(22-13-11-18-15(2)23-16(3)25-18)21-12-8-14-24-17-9-6-5-7-10-17/h5-7,9-10H,4,8,11-14H2,1-3H3,(H2,20,21,22). The Kier molecular flexibility index (Phi) is 8.25. The quantitative estimate of drug-likeness (QED) is 0.409. The van der Waals surface area contributed by atoms with Crippen molar-refractivity contribution in [2.24, 2.45) is 4.99 Å². The molecule has 0 radical (unpaired) electrons. The van der Waals surface area contributed by atoms with Gasteiger partial charge in [-0.2, -0.15) is 0 Å². The highest BCUT2D eigenvalue weighted by Gasteiger charge is 2.05. The smallest absolute Gasteiger partial charge is 0.191 e. The lowest BCUT2D eigenvalue weighted by Crippen LogP contribution is -2.38. The fraction of sp³-hybridized carbons (Fsp3) is 0.474. The SMILES string of the molecule is CCNC(=NCCCOc1ccccc1)NCCc1sc(C)nc1C. The van der Waals surface area contributed by atoms with Gasteiger partial charge in [-0.1, -0.05) is 18.2 Å². The average molecular weight is 361 g/mol. The van der Waals surface area contributed by atoms with Gasteiger partial charge in [-0.3, -0.25) is 4.99 Å². The first-order valence-corrected chi connectivity index (χ1v) is 9.63. The number of nitrogens with zero attached hydrogens (tertiary/aromatic N) is 2. The summed E-state index contributed by atoms with van der Waals surface area (Å²) in [6.07, 6.45) is 1.86. The molecule has 1 aromatic heterocycles. The Bertz CT molecular complexity index is 655. The van der Waals surface area contributed by atoms with Gasteiger partial charge in [0.05, 0.1) is 17.3 Å². The maximum Gasteiger partial charge on any atom is 0.191 e. The Morgan fingerprint density at radius 2 is 2.00 bits per heavy atom. The molecule has 2 rings (SSSR count). The summed E-state index contributed by atoms with van der Waals surface area (Å²) in [6, 6.07) is 9.89. The Morgan fingerprint density at radius 1 is 1.20 bits per heavy atom. The molecule has 0 aliphatic rings. The number of hydrogen-bond donors (Lipinski definition) is 2. The Balaban J connectivity index is 1.69. The lowest BCUT2D eigenvalue weighted by Gasteiger charge is -2.11. The molecule has 2 aromatic rings. The van der Waals surface area contributed by atoms with E-state index < -0.39 is 0 Å². The highest BCUT2D eigenvalue weighted by molar-refractivity contribution is 7.11. The van der Waals surface area contributed by atoms with E-state index in [0.29, 0.717) is 6.61 Å². The topological polar surface area (TPSA) is 58.5 Å². The van der Waals surface area contributed by atoms with Crippen LogP contribution in [0.3, 0.4) is 0 Å². The summed E-state index contributed by atoms with van der Waals surface area (Å²) in [6.45, 7) is 9.32. The van der Waals surface area contributed by atoms with Crippen LogP contribution in [0, 0.1) is 13.8 Å². The third-order valence-corrected chi connectivity index (χ3v) is 4.71. The van der Waals surface area contributed by atoms with E-state index in [0.717, 1.165) is 54.9 Å². The van der Waals surface area contributed by atoms with Crippen LogP contribution in [0.15, 0.2) is 35.3 Å². The molecule has 5 nitrogen and oxygen atoms in total. The predicted octanol–water partition coefficient (Wildman–Crippen LogP) is 3.33. The number of guanidine groups is 1. The summed E-state index contributed by atoms with van der Waals surface area (Å²) in [5, 5.41) is 7.81. The Labute approximate surface area is 154 Å². The molecule has 0 amide bonds. The fourth-order valence-electron chi connectivity index (χ4n) is 2.40. The number of aliphatic imine (C=N–C) groups is 1. The zero-order chi connectivity index (χ0) is 17.9. The van der Waals surface area contributed by atoms with Crippen molar-refractivity contribution in [1.29, 1.82) is 0 Å². The molecular formula is C19H28N4OS. The largest absolute Gasteiger partial charge is 0.494 e. The van der Waals surface area contributed by atoms with E-state index in [1.165, 1.54) is 4.88 Å². The number of thiazole rings is 1. The van der Waals surface area contributed by atoms with Crippen molar-refractivity contribution in [2.45, 2.75) is 33.6 Å². The van der Waals surface area contributed by atoms with E-state index in [1.807, 2.05) is 30.3 Å². The van der Waals surface area contributed by atoms with Gasteiger partial charge in [0.1, 0.15) is 5.75 Å². The molecule has 1 aromatic carbocycles. The number of ether oxygens (including phenoxy) is 1. The molecule has 2 N–H and O–H groups in total. The van der Waals surface area contributed by atoms with Crippen molar-refractivity contribution in [3.05, 3.63) is 45.9 Å². The van der Waals surface area contributed by atoms with Crippen LogP contribution in [0.1, 0.15) is 28.9 Å². The van der Waals surface area contributed by atoms with Crippen LogP contribution in [0.4, 0.5) is 0 Å². The minimum absolute atomic E-state index is 0.673. The fourth-order valence-corrected chi connectivity index (χ4v) is 3.34. The van der Waals surface area contributed by atoms with Crippen molar-refractivity contribution in [3.8, 4) is 5.75 Å². The monoisotopic (exact) mass is 360 g/mol. The second-order valence-electron chi connectivity index (χ2n) is 5.69. The lowest BCUT2D eigenvalue weighted by atomic mass is 10.3. The van der Waals surface area contributed by atoms with Crippen LogP contribution in [0.2, 0.25) is 0 Å². The van der Waals surface area contributed by atoms with Gasteiger partial charge in [0, 0.05) is 37.4 Å². The molecule has 0 spiro atoms. The van der Waals surface area contributed by atoms with Gasteiger partial charge in [-0.15, -0.1) is 11.3 Å². The summed E-state index contributed by atoms with van der Waals surface area (Å²) < 4.78 is 5.69. The van der Waals surface area contributed by atoms with Crippen molar-refractivity contribution >= 4 is 17.3 Å². The Morgan fingerprint density at radius 3 is 2.68 bits per heavy atom. The summed E-state index contributed by atoms with van der Waals surface area (Å²) in [5.74, 6) is 1.77. The van der Waals surface area contributed by atoms with Crippen LogP contribution < -0.4 is 15.4 Å². The van der Waals surface area contributed by atoms with Gasteiger partial charge in [0.25, 0.3) is 0 Å². The van der Waals surface area contributed by atoms with Gasteiger partial charge >= 0.3 is 0 Å². The third-order valence-electron chi connectivity index (χ3n) is 3.57. The van der Waals surface area contributed by atoms with Gasteiger partial charge in [0.15, 0.2) is 5.96 Å². The number of benzene rings is 1. The molecule has 136 valence electrons. The van der Waals surface area contributed by atoms with E-state index in [2.05, 4.69) is 41.4 Å². The number of nitrogens with one attached hydrogen (secondary N) is 2. The second kappa shape index (κ2) is 10.7. The van der Waals surface area contributed by atoms with E-state index in [-0.39, 0.29) is 0 Å². The molecular weight excluding hydrogens is 332 g/mol. The maximum atomic E-state index is 5.69. The maximum absolute atomic E-state index is 5.69. The normalized spacial score (nSPS) is 11.4. The second-order valence-corrected chi connectivity index (χ2v) is 6.98. The number of aromatic nitrogens is 1. The molecule has 1 heterocycles. The molecule has 0 saturated heterocycles.